The molecule has 1 amide bonds. The Labute approximate surface area is 151 Å². The predicted molar refractivity (Wildman–Crippen MR) is 95.3 cm³/mol. The predicted octanol–water partition coefficient (Wildman–Crippen LogP) is 3.16. The van der Waals surface area contributed by atoms with Crippen molar-refractivity contribution in [2.45, 2.75) is 25.7 Å². The first-order valence-corrected chi connectivity index (χ1v) is 8.37. The minimum absolute atomic E-state index is 0.0811. The van der Waals surface area contributed by atoms with Gasteiger partial charge in [0, 0.05) is 10.8 Å². The minimum Gasteiger partial charge on any atom is -0.444 e. The fraction of sp³-hybridized carbons (Fsp3) is 0.316. The maximum Gasteiger partial charge on any atom is 0.416 e. The molecule has 0 radical (unpaired) electrons. The summed E-state index contributed by atoms with van der Waals surface area (Å²) in [6, 6.07) is 16.1. The average Bonchev–Trinajstić information content (AvgIpc) is 2.64. The topological polar surface area (TPSA) is 92.9 Å². The van der Waals surface area contributed by atoms with Gasteiger partial charge in [-0.15, -0.1) is 0 Å². The molecule has 0 bridgehead atoms. The number of fused-ring (bicyclic) bond motifs is 1. The van der Waals surface area contributed by atoms with Gasteiger partial charge in [0.1, 0.15) is 12.8 Å². The molecule has 0 aromatic heterocycles. The van der Waals surface area contributed by atoms with E-state index in [0.29, 0.717) is 11.3 Å². The number of anilines is 1. The summed E-state index contributed by atoms with van der Waals surface area (Å²) in [6.45, 7) is 1.48. The highest BCUT2D eigenvalue weighted by atomic mass is 16.6. The van der Waals surface area contributed by atoms with Crippen LogP contribution in [0, 0.1) is 16.0 Å². The van der Waals surface area contributed by atoms with E-state index in [9.17, 15) is 20.0 Å². The maximum atomic E-state index is 12.6. The van der Waals surface area contributed by atoms with Crippen LogP contribution in [0.2, 0.25) is 0 Å². The fourth-order valence-electron chi connectivity index (χ4n) is 3.31. The molecule has 2 aromatic carbocycles. The molecule has 0 saturated heterocycles. The van der Waals surface area contributed by atoms with E-state index in [-0.39, 0.29) is 13.2 Å². The second-order valence-electron chi connectivity index (χ2n) is 6.36. The standard InChI is InChI=1S/C19H20N2O5/c1-13-16(11-20(24)25)15-9-5-6-10-17(15)21(18(13)22)19(23)26-12-14-7-3-2-4-8-14/h2-10,13,16,18,22H,11-12H2,1H3/t13-,16+,18-/m1/s1. The molecule has 7 nitrogen and oxygen atoms in total. The maximum absolute atomic E-state index is 12.6. The Morgan fingerprint density at radius 2 is 1.85 bits per heavy atom. The smallest absolute Gasteiger partial charge is 0.416 e. The molecular formula is C19H20N2O5. The second-order valence-corrected chi connectivity index (χ2v) is 6.36. The van der Waals surface area contributed by atoms with Crippen molar-refractivity contribution in [2.75, 3.05) is 11.4 Å². The zero-order chi connectivity index (χ0) is 18.7. The molecule has 1 aliphatic heterocycles. The summed E-state index contributed by atoms with van der Waals surface area (Å²) in [5, 5.41) is 21.7. The van der Waals surface area contributed by atoms with Gasteiger partial charge in [-0.25, -0.2) is 4.79 Å². The van der Waals surface area contributed by atoms with Crippen LogP contribution in [0.25, 0.3) is 0 Å². The highest BCUT2D eigenvalue weighted by Crippen LogP contribution is 2.41. The van der Waals surface area contributed by atoms with Crippen molar-refractivity contribution in [2.24, 2.45) is 5.92 Å². The molecule has 3 rings (SSSR count). The summed E-state index contributed by atoms with van der Waals surface area (Å²) in [5.41, 5.74) is 1.95. The van der Waals surface area contributed by atoms with Crippen molar-refractivity contribution in [3.05, 3.63) is 75.8 Å². The lowest BCUT2D eigenvalue weighted by molar-refractivity contribution is -0.485. The van der Waals surface area contributed by atoms with Crippen LogP contribution >= 0.6 is 0 Å². The molecule has 0 aliphatic carbocycles. The van der Waals surface area contributed by atoms with Crippen molar-refractivity contribution in [1.29, 1.82) is 0 Å². The molecular weight excluding hydrogens is 336 g/mol. The van der Waals surface area contributed by atoms with E-state index < -0.39 is 29.1 Å². The lowest BCUT2D eigenvalue weighted by Gasteiger charge is -2.40. The summed E-state index contributed by atoms with van der Waals surface area (Å²) in [5.74, 6) is -0.978. The number of para-hydroxylation sites is 1. The van der Waals surface area contributed by atoms with Gasteiger partial charge >= 0.3 is 6.09 Å². The van der Waals surface area contributed by atoms with Crippen LogP contribution < -0.4 is 4.90 Å². The van der Waals surface area contributed by atoms with E-state index in [4.69, 9.17) is 4.74 Å². The van der Waals surface area contributed by atoms with E-state index in [1.807, 2.05) is 30.3 Å². The van der Waals surface area contributed by atoms with Crippen LogP contribution in [0.1, 0.15) is 24.0 Å². The van der Waals surface area contributed by atoms with Crippen molar-refractivity contribution < 1.29 is 19.6 Å². The van der Waals surface area contributed by atoms with Crippen LogP contribution in [0.4, 0.5) is 10.5 Å². The molecule has 2 aromatic rings. The van der Waals surface area contributed by atoms with Gasteiger partial charge in [0.05, 0.1) is 11.6 Å². The largest absolute Gasteiger partial charge is 0.444 e. The number of rotatable bonds is 4. The normalized spacial score (nSPS) is 21.8. The molecule has 26 heavy (non-hydrogen) atoms. The first kappa shape index (κ1) is 17.9. The van der Waals surface area contributed by atoms with Crippen LogP contribution in [0.15, 0.2) is 54.6 Å². The molecule has 7 heteroatoms. The van der Waals surface area contributed by atoms with Gasteiger partial charge in [0.2, 0.25) is 6.54 Å². The third-order valence-electron chi connectivity index (χ3n) is 4.71. The summed E-state index contributed by atoms with van der Waals surface area (Å²) in [4.78, 5) is 24.4. The van der Waals surface area contributed by atoms with E-state index in [1.54, 1.807) is 31.2 Å². The van der Waals surface area contributed by atoms with Gasteiger partial charge in [0.25, 0.3) is 0 Å². The number of nitro groups is 1. The molecule has 1 heterocycles. The molecule has 0 unspecified atom stereocenters. The Kier molecular flexibility index (Phi) is 5.18. The number of nitrogens with zero attached hydrogens (tertiary/aromatic N) is 2. The Morgan fingerprint density at radius 3 is 2.54 bits per heavy atom. The van der Waals surface area contributed by atoms with Gasteiger partial charge < -0.3 is 9.84 Å². The molecule has 1 N–H and O–H groups in total. The van der Waals surface area contributed by atoms with Gasteiger partial charge in [-0.3, -0.25) is 15.0 Å². The third kappa shape index (κ3) is 3.52. The van der Waals surface area contributed by atoms with E-state index in [2.05, 4.69) is 0 Å². The average molecular weight is 356 g/mol. The summed E-state index contributed by atoms with van der Waals surface area (Å²) < 4.78 is 5.35. The molecule has 0 saturated carbocycles. The number of carbonyl (C=O) groups excluding carboxylic acids is 1. The molecule has 1 aliphatic rings. The molecule has 136 valence electrons. The highest BCUT2D eigenvalue weighted by molar-refractivity contribution is 5.90. The van der Waals surface area contributed by atoms with Crippen molar-refractivity contribution >= 4 is 11.8 Å². The van der Waals surface area contributed by atoms with E-state index in [1.165, 1.54) is 4.90 Å². The molecule has 0 fully saturated rings. The summed E-state index contributed by atoms with van der Waals surface area (Å²) >= 11 is 0. The second kappa shape index (κ2) is 7.53. The number of ether oxygens (including phenoxy) is 1. The van der Waals surface area contributed by atoms with Crippen molar-refractivity contribution in [3.63, 3.8) is 0 Å². The molecule has 3 atom stereocenters. The third-order valence-corrected chi connectivity index (χ3v) is 4.71. The number of aliphatic hydroxyl groups excluding tert-OH is 1. The Morgan fingerprint density at radius 1 is 1.19 bits per heavy atom. The highest BCUT2D eigenvalue weighted by Gasteiger charge is 2.43. The fourth-order valence-corrected chi connectivity index (χ4v) is 3.31. The minimum atomic E-state index is -1.20. The van der Waals surface area contributed by atoms with E-state index >= 15 is 0 Å². The Bertz CT molecular complexity index is 796. The van der Waals surface area contributed by atoms with Gasteiger partial charge in [-0.05, 0) is 17.2 Å². The number of carbonyl (C=O) groups is 1. The summed E-state index contributed by atoms with van der Waals surface area (Å²) in [7, 11) is 0. The SMILES string of the molecule is C[C@@H]1[C@H](C[N+](=O)[O-])c2ccccc2N(C(=O)OCc2ccccc2)[C@@H]1O. The zero-order valence-electron chi connectivity index (χ0n) is 14.3. The number of amides is 1. The first-order valence-electron chi connectivity index (χ1n) is 8.37. The number of benzene rings is 2. The van der Waals surface area contributed by atoms with Crippen LogP contribution in [0.3, 0.4) is 0 Å². The summed E-state index contributed by atoms with van der Waals surface area (Å²) in [6.07, 6.45) is -1.88. The quantitative estimate of drug-likeness (QED) is 0.671. The number of aliphatic hydroxyl groups is 1. The van der Waals surface area contributed by atoms with Crippen molar-refractivity contribution in [1.82, 2.24) is 0 Å². The van der Waals surface area contributed by atoms with Gasteiger partial charge in [0.15, 0.2) is 0 Å². The monoisotopic (exact) mass is 356 g/mol. The lowest BCUT2D eigenvalue weighted by Crippen LogP contribution is -2.50. The van der Waals surface area contributed by atoms with Crippen LogP contribution in [-0.2, 0) is 11.3 Å². The lowest BCUT2D eigenvalue weighted by atomic mass is 9.81. The Balaban J connectivity index is 1.86. The van der Waals surface area contributed by atoms with Gasteiger partial charge in [-0.1, -0.05) is 55.5 Å². The van der Waals surface area contributed by atoms with Crippen LogP contribution in [0.5, 0.6) is 0 Å². The van der Waals surface area contributed by atoms with Crippen molar-refractivity contribution in [3.8, 4) is 0 Å². The Hall–Kier alpha value is -2.93. The van der Waals surface area contributed by atoms with E-state index in [0.717, 1.165) is 5.56 Å². The zero-order valence-corrected chi connectivity index (χ0v) is 14.3. The molecule has 0 spiro atoms. The number of hydrogen-bond acceptors (Lipinski definition) is 5. The first-order chi connectivity index (χ1) is 12.5. The number of hydrogen-bond donors (Lipinski definition) is 1. The van der Waals surface area contributed by atoms with Gasteiger partial charge in [-0.2, -0.15) is 0 Å². The van der Waals surface area contributed by atoms with Crippen LogP contribution in [-0.4, -0.2) is 28.9 Å².